The van der Waals surface area contributed by atoms with Crippen LogP contribution in [0.5, 0.6) is 0 Å². The molecule has 0 unspecified atom stereocenters. The second-order valence-corrected chi connectivity index (χ2v) is 6.95. The van der Waals surface area contributed by atoms with Gasteiger partial charge in [0.05, 0.1) is 23.1 Å². The lowest BCUT2D eigenvalue weighted by Gasteiger charge is -2.34. The predicted molar refractivity (Wildman–Crippen MR) is 108 cm³/mol. The number of hydrogen-bond acceptors (Lipinski definition) is 3. The van der Waals surface area contributed by atoms with Gasteiger partial charge in [-0.1, -0.05) is 24.6 Å². The fourth-order valence-electron chi connectivity index (χ4n) is 3.45. The van der Waals surface area contributed by atoms with E-state index in [4.69, 9.17) is 11.6 Å². The van der Waals surface area contributed by atoms with E-state index in [2.05, 4.69) is 17.3 Å². The van der Waals surface area contributed by atoms with Gasteiger partial charge in [-0.2, -0.15) is 5.10 Å². The van der Waals surface area contributed by atoms with E-state index in [1.165, 1.54) is 0 Å². The second kappa shape index (κ2) is 9.40. The zero-order valence-electron chi connectivity index (χ0n) is 15.2. The van der Waals surface area contributed by atoms with Crippen LogP contribution in [0.2, 0.25) is 5.02 Å². The molecule has 0 saturated carbocycles. The number of carbonyl (C=O) groups excluding carboxylic acids is 1. The Kier molecular flexibility index (Phi) is 7.50. The topological polar surface area (TPSA) is 50.2 Å². The highest BCUT2D eigenvalue weighted by molar-refractivity contribution is 6.30. The van der Waals surface area contributed by atoms with Crippen LogP contribution in [0.4, 0.5) is 0 Å². The smallest absolute Gasteiger partial charge is 0.257 e. The van der Waals surface area contributed by atoms with E-state index in [0.29, 0.717) is 16.6 Å². The van der Waals surface area contributed by atoms with Gasteiger partial charge in [-0.15, -0.1) is 12.4 Å². The molecule has 1 aromatic heterocycles. The number of amides is 1. The van der Waals surface area contributed by atoms with Crippen molar-refractivity contribution in [3.63, 3.8) is 0 Å². The van der Waals surface area contributed by atoms with Crippen LogP contribution in [-0.2, 0) is 0 Å². The molecule has 2 heterocycles. The normalized spacial score (nSPS) is 14.7. The van der Waals surface area contributed by atoms with Crippen LogP contribution < -0.4 is 5.32 Å². The molecular formula is C19H26Cl2N4O. The number of hydrogen-bond donors (Lipinski definition) is 1. The highest BCUT2D eigenvalue weighted by atomic mass is 35.5. The highest BCUT2D eigenvalue weighted by Gasteiger charge is 2.27. The molecule has 0 atom stereocenters. The van der Waals surface area contributed by atoms with Gasteiger partial charge in [-0.05, 0) is 57.5 Å². The Labute approximate surface area is 166 Å². The summed E-state index contributed by atoms with van der Waals surface area (Å²) in [5.74, 6) is 0.0829. The van der Waals surface area contributed by atoms with E-state index in [0.717, 1.165) is 50.3 Å². The van der Waals surface area contributed by atoms with E-state index >= 15 is 0 Å². The molecule has 1 amide bonds. The molecule has 1 aliphatic rings. The maximum Gasteiger partial charge on any atom is 0.257 e. The number of carbonyl (C=O) groups is 1. The molecule has 26 heavy (non-hydrogen) atoms. The van der Waals surface area contributed by atoms with Gasteiger partial charge in [0.2, 0.25) is 0 Å². The first kappa shape index (κ1) is 20.7. The molecule has 2 aromatic rings. The first-order valence-electron chi connectivity index (χ1n) is 8.94. The van der Waals surface area contributed by atoms with Crippen LogP contribution in [-0.4, -0.2) is 46.3 Å². The number of rotatable bonds is 5. The molecule has 0 radical (unpaired) electrons. The van der Waals surface area contributed by atoms with E-state index < -0.39 is 0 Å². The van der Waals surface area contributed by atoms with Crippen molar-refractivity contribution in [2.75, 3.05) is 19.6 Å². The molecule has 0 spiro atoms. The molecule has 142 valence electrons. The van der Waals surface area contributed by atoms with E-state index in [1.807, 2.05) is 36.1 Å². The minimum atomic E-state index is 0. The largest absolute Gasteiger partial charge is 0.335 e. The maximum absolute atomic E-state index is 13.2. The summed E-state index contributed by atoms with van der Waals surface area (Å²) < 4.78 is 1.78. The third-order valence-electron chi connectivity index (χ3n) is 4.77. The summed E-state index contributed by atoms with van der Waals surface area (Å²) in [5, 5.41) is 8.45. The Balaban J connectivity index is 0.00000243. The van der Waals surface area contributed by atoms with Gasteiger partial charge in [-0.25, -0.2) is 4.68 Å². The van der Waals surface area contributed by atoms with Gasteiger partial charge in [-0.3, -0.25) is 4.79 Å². The van der Waals surface area contributed by atoms with Crippen LogP contribution in [0, 0.1) is 6.92 Å². The summed E-state index contributed by atoms with van der Waals surface area (Å²) in [4.78, 5) is 15.2. The number of halogens is 2. The first-order valence-corrected chi connectivity index (χ1v) is 9.32. The number of aromatic nitrogens is 2. The zero-order valence-corrected chi connectivity index (χ0v) is 16.8. The van der Waals surface area contributed by atoms with Crippen molar-refractivity contribution in [2.45, 2.75) is 39.2 Å². The fraction of sp³-hybridized carbons (Fsp3) is 0.474. The molecule has 5 nitrogen and oxygen atoms in total. The van der Waals surface area contributed by atoms with E-state index in [9.17, 15) is 4.79 Å². The zero-order chi connectivity index (χ0) is 17.8. The number of piperidine rings is 1. The molecular weight excluding hydrogens is 371 g/mol. The van der Waals surface area contributed by atoms with Crippen molar-refractivity contribution in [3.05, 3.63) is 46.7 Å². The Hall–Kier alpha value is -1.56. The number of nitrogens with one attached hydrogen (secondary N) is 1. The van der Waals surface area contributed by atoms with Crippen LogP contribution in [0.15, 0.2) is 30.5 Å². The summed E-state index contributed by atoms with van der Waals surface area (Å²) in [6, 6.07) is 7.82. The maximum atomic E-state index is 13.2. The van der Waals surface area contributed by atoms with Crippen molar-refractivity contribution in [2.24, 2.45) is 0 Å². The Morgan fingerprint density at radius 2 is 2.12 bits per heavy atom. The lowest BCUT2D eigenvalue weighted by Crippen LogP contribution is -2.46. The standard InChI is InChI=1S/C19H25ClN4O.ClH/c1-3-11-23(16-7-9-21-10-8-16)19(25)18-13-22-24(14(18)2)17-6-4-5-15(20)12-17;/h4-6,12-13,16,21H,3,7-11H2,1-2H3;1H. The summed E-state index contributed by atoms with van der Waals surface area (Å²) in [5.41, 5.74) is 2.39. The number of nitrogens with zero attached hydrogens (tertiary/aromatic N) is 3. The van der Waals surface area contributed by atoms with Crippen LogP contribution >= 0.6 is 24.0 Å². The molecule has 7 heteroatoms. The van der Waals surface area contributed by atoms with Crippen LogP contribution in [0.25, 0.3) is 5.69 Å². The van der Waals surface area contributed by atoms with Crippen LogP contribution in [0.3, 0.4) is 0 Å². The molecule has 0 aliphatic carbocycles. The van der Waals surface area contributed by atoms with E-state index in [1.54, 1.807) is 10.9 Å². The van der Waals surface area contributed by atoms with Gasteiger partial charge in [0.15, 0.2) is 0 Å². The summed E-state index contributed by atoms with van der Waals surface area (Å²) in [6.07, 6.45) is 4.65. The predicted octanol–water partition coefficient (Wildman–Crippen LogP) is 3.86. The second-order valence-electron chi connectivity index (χ2n) is 6.52. The lowest BCUT2D eigenvalue weighted by molar-refractivity contribution is 0.0642. The molecule has 1 saturated heterocycles. The first-order chi connectivity index (χ1) is 12.1. The Bertz CT molecular complexity index is 741. The average molecular weight is 397 g/mol. The van der Waals surface area contributed by atoms with Gasteiger partial charge in [0.1, 0.15) is 0 Å². The van der Waals surface area contributed by atoms with Gasteiger partial charge < -0.3 is 10.2 Å². The third-order valence-corrected chi connectivity index (χ3v) is 5.00. The van der Waals surface area contributed by atoms with Crippen molar-refractivity contribution < 1.29 is 4.79 Å². The molecule has 0 bridgehead atoms. The van der Waals surface area contributed by atoms with E-state index in [-0.39, 0.29) is 18.3 Å². The molecule has 1 aliphatic heterocycles. The summed E-state index contributed by atoms with van der Waals surface area (Å²) in [7, 11) is 0. The fourth-order valence-corrected chi connectivity index (χ4v) is 3.64. The minimum Gasteiger partial charge on any atom is -0.335 e. The molecule has 1 N–H and O–H groups in total. The summed E-state index contributed by atoms with van der Waals surface area (Å²) in [6.45, 7) is 6.78. The average Bonchev–Trinajstić information content (AvgIpc) is 3.01. The molecule has 3 rings (SSSR count). The van der Waals surface area contributed by atoms with Crippen molar-refractivity contribution in [1.29, 1.82) is 0 Å². The quantitative estimate of drug-likeness (QED) is 0.834. The molecule has 1 aromatic carbocycles. The Morgan fingerprint density at radius 3 is 2.77 bits per heavy atom. The number of benzene rings is 1. The van der Waals surface area contributed by atoms with Crippen molar-refractivity contribution in [3.8, 4) is 5.69 Å². The minimum absolute atomic E-state index is 0. The molecule has 1 fully saturated rings. The van der Waals surface area contributed by atoms with Crippen LogP contribution in [0.1, 0.15) is 42.2 Å². The summed E-state index contributed by atoms with van der Waals surface area (Å²) >= 11 is 6.09. The highest BCUT2D eigenvalue weighted by Crippen LogP contribution is 2.21. The Morgan fingerprint density at radius 1 is 1.38 bits per heavy atom. The third kappa shape index (κ3) is 4.40. The SMILES string of the molecule is CCCN(C(=O)c1cnn(-c2cccc(Cl)c2)c1C)C1CCNCC1.Cl. The van der Waals surface area contributed by atoms with Gasteiger partial charge >= 0.3 is 0 Å². The monoisotopic (exact) mass is 396 g/mol. The van der Waals surface area contributed by atoms with Gasteiger partial charge in [0, 0.05) is 17.6 Å². The van der Waals surface area contributed by atoms with Crippen molar-refractivity contribution in [1.82, 2.24) is 20.0 Å². The lowest BCUT2D eigenvalue weighted by atomic mass is 10.0. The van der Waals surface area contributed by atoms with Gasteiger partial charge in [0.25, 0.3) is 5.91 Å². The van der Waals surface area contributed by atoms with Crippen molar-refractivity contribution >= 4 is 29.9 Å².